The van der Waals surface area contributed by atoms with Gasteiger partial charge in [0.2, 0.25) is 5.91 Å². The van der Waals surface area contributed by atoms with Crippen LogP contribution < -0.4 is 10.6 Å². The summed E-state index contributed by atoms with van der Waals surface area (Å²) in [5.74, 6) is -10.5. The van der Waals surface area contributed by atoms with Crippen LogP contribution in [0.3, 0.4) is 0 Å². The fourth-order valence-electron chi connectivity index (χ4n) is 7.37. The molecule has 11 atom stereocenters. The summed E-state index contributed by atoms with van der Waals surface area (Å²) in [6, 6.07) is -1.46. The van der Waals surface area contributed by atoms with Gasteiger partial charge in [0.15, 0.2) is 18.5 Å². The predicted octanol–water partition coefficient (Wildman–Crippen LogP) is 2.15. The molecule has 0 aliphatic carbocycles. The molecule has 0 bridgehead atoms. The van der Waals surface area contributed by atoms with Crippen LogP contribution in [-0.2, 0) is 90.5 Å². The minimum absolute atomic E-state index is 0.110. The molecule has 2 heterocycles. The number of ketones is 1. The SMILES string of the molecule is CCCCOCC1O[C@@H](OC)[C@@H](OCCCC)C(C(=O)CCNC(=O)[C@]2(OC(C)=O)C[C@@H](OC(C)=O)[C@@H](NC(C)=O)C([C@H](OC(C)=O)[C@@H](COC(C)=O)OC(C)=O)O2)[C@H]1OCCCC. The van der Waals surface area contributed by atoms with Gasteiger partial charge >= 0.3 is 29.8 Å². The topological polar surface area (TPSA) is 262 Å². The molecule has 366 valence electrons. The lowest BCUT2D eigenvalue weighted by Crippen LogP contribution is -2.70. The third-order valence-electron chi connectivity index (χ3n) is 10.1. The second-order valence-corrected chi connectivity index (χ2v) is 15.6. The second kappa shape index (κ2) is 28.6. The number of hydrogen-bond acceptors (Lipinski definition) is 19. The molecule has 64 heavy (non-hydrogen) atoms. The molecule has 2 aliphatic heterocycles. The predicted molar refractivity (Wildman–Crippen MR) is 222 cm³/mol. The minimum Gasteiger partial charge on any atom is -0.462 e. The van der Waals surface area contributed by atoms with Crippen molar-refractivity contribution in [3.63, 3.8) is 0 Å². The van der Waals surface area contributed by atoms with E-state index in [1.54, 1.807) is 0 Å². The van der Waals surface area contributed by atoms with Crippen LogP contribution in [0.25, 0.3) is 0 Å². The van der Waals surface area contributed by atoms with Crippen LogP contribution in [0.15, 0.2) is 0 Å². The molecule has 0 spiro atoms. The second-order valence-electron chi connectivity index (χ2n) is 15.6. The van der Waals surface area contributed by atoms with E-state index < -0.39 is 121 Å². The molecule has 21 nitrogen and oxygen atoms in total. The largest absolute Gasteiger partial charge is 0.462 e. The molecule has 0 radical (unpaired) electrons. The van der Waals surface area contributed by atoms with Crippen molar-refractivity contribution in [3.05, 3.63) is 0 Å². The maximum Gasteiger partial charge on any atom is 0.305 e. The van der Waals surface area contributed by atoms with Crippen molar-refractivity contribution in [2.75, 3.05) is 46.7 Å². The molecule has 0 aromatic rings. The lowest BCUT2D eigenvalue weighted by Gasteiger charge is -2.48. The quantitative estimate of drug-likeness (QED) is 0.0647. The highest BCUT2D eigenvalue weighted by molar-refractivity contribution is 5.88. The van der Waals surface area contributed by atoms with Gasteiger partial charge in [-0.05, 0) is 19.3 Å². The van der Waals surface area contributed by atoms with Crippen LogP contribution in [0.4, 0.5) is 0 Å². The van der Waals surface area contributed by atoms with Crippen molar-refractivity contribution in [2.24, 2.45) is 5.92 Å². The lowest BCUT2D eigenvalue weighted by atomic mass is 9.83. The van der Waals surface area contributed by atoms with E-state index in [1.807, 2.05) is 20.8 Å². The van der Waals surface area contributed by atoms with E-state index in [9.17, 15) is 38.4 Å². The molecule has 2 amide bonds. The number of ether oxygens (including phenoxy) is 11. The number of hydrogen-bond donors (Lipinski definition) is 2. The maximum absolute atomic E-state index is 14.5. The fraction of sp³-hybridized carbons (Fsp3) is 0.814. The molecule has 2 rings (SSSR count). The summed E-state index contributed by atoms with van der Waals surface area (Å²) < 4.78 is 64.1. The zero-order chi connectivity index (χ0) is 48.0. The molecule has 0 aromatic carbocycles. The highest BCUT2D eigenvalue weighted by atomic mass is 16.7. The first-order valence-electron chi connectivity index (χ1n) is 21.9. The van der Waals surface area contributed by atoms with Gasteiger partial charge in [-0.3, -0.25) is 38.4 Å². The smallest absolute Gasteiger partial charge is 0.305 e. The van der Waals surface area contributed by atoms with Gasteiger partial charge < -0.3 is 62.7 Å². The number of amides is 2. The molecular weight excluding hydrogens is 848 g/mol. The summed E-state index contributed by atoms with van der Waals surface area (Å²) in [5.41, 5.74) is 0. The average Bonchev–Trinajstić information content (AvgIpc) is 3.20. The van der Waals surface area contributed by atoms with E-state index in [1.165, 1.54) is 7.11 Å². The summed E-state index contributed by atoms with van der Waals surface area (Å²) in [7, 11) is 1.44. The summed E-state index contributed by atoms with van der Waals surface area (Å²) in [6.07, 6.45) is -6.51. The van der Waals surface area contributed by atoms with Crippen LogP contribution in [0, 0.1) is 5.92 Å². The van der Waals surface area contributed by atoms with Crippen LogP contribution in [0.2, 0.25) is 0 Å². The third kappa shape index (κ3) is 17.9. The molecule has 2 saturated heterocycles. The van der Waals surface area contributed by atoms with E-state index in [2.05, 4.69) is 10.6 Å². The Hall–Kier alpha value is -4.28. The van der Waals surface area contributed by atoms with Crippen molar-refractivity contribution >= 4 is 47.4 Å². The molecule has 0 aromatic heterocycles. The van der Waals surface area contributed by atoms with E-state index in [0.29, 0.717) is 32.7 Å². The van der Waals surface area contributed by atoms with Gasteiger partial charge in [0.05, 0.1) is 31.1 Å². The van der Waals surface area contributed by atoms with E-state index in [0.717, 1.165) is 67.2 Å². The Morgan fingerprint density at radius 1 is 0.750 bits per heavy atom. The molecule has 2 aliphatic rings. The Bertz CT molecular complexity index is 1540. The van der Waals surface area contributed by atoms with Gasteiger partial charge in [0.25, 0.3) is 11.7 Å². The van der Waals surface area contributed by atoms with Gasteiger partial charge in [-0.15, -0.1) is 0 Å². The number of rotatable bonds is 28. The number of carbonyl (C=O) groups is 8. The molecule has 0 saturated carbocycles. The van der Waals surface area contributed by atoms with Crippen molar-refractivity contribution in [1.82, 2.24) is 10.6 Å². The summed E-state index contributed by atoms with van der Waals surface area (Å²) in [5, 5.41) is 5.16. The first-order chi connectivity index (χ1) is 30.3. The Kier molecular flexibility index (Phi) is 24.9. The van der Waals surface area contributed by atoms with Gasteiger partial charge in [0.1, 0.15) is 36.8 Å². The Labute approximate surface area is 375 Å². The van der Waals surface area contributed by atoms with Gasteiger partial charge in [0, 0.05) is 81.4 Å². The highest BCUT2D eigenvalue weighted by Gasteiger charge is 2.60. The van der Waals surface area contributed by atoms with Gasteiger partial charge in [-0.2, -0.15) is 0 Å². The molecule has 21 heteroatoms. The lowest BCUT2D eigenvalue weighted by molar-refractivity contribution is -0.296. The Morgan fingerprint density at radius 3 is 1.89 bits per heavy atom. The zero-order valence-corrected chi connectivity index (χ0v) is 38.9. The fourth-order valence-corrected chi connectivity index (χ4v) is 7.37. The molecule has 3 unspecified atom stereocenters. The van der Waals surface area contributed by atoms with Crippen LogP contribution in [0.1, 0.15) is 114 Å². The number of esters is 5. The van der Waals surface area contributed by atoms with Crippen molar-refractivity contribution < 1.29 is 90.5 Å². The third-order valence-corrected chi connectivity index (χ3v) is 10.1. The normalized spacial score (nSPS) is 26.3. The molecule has 2 fully saturated rings. The van der Waals surface area contributed by atoms with Gasteiger partial charge in [-0.1, -0.05) is 40.0 Å². The summed E-state index contributed by atoms with van der Waals surface area (Å²) in [4.78, 5) is 104. The number of methoxy groups -OCH3 is 1. The van der Waals surface area contributed by atoms with Crippen molar-refractivity contribution in [2.45, 2.75) is 175 Å². The summed E-state index contributed by atoms with van der Waals surface area (Å²) >= 11 is 0. The number of Topliss-reactive ketones (excluding diaryl/α,β-unsaturated/α-hetero) is 1. The van der Waals surface area contributed by atoms with Gasteiger partial charge in [-0.25, -0.2) is 0 Å². The van der Waals surface area contributed by atoms with E-state index >= 15 is 0 Å². The molecule has 2 N–H and O–H groups in total. The number of unbranched alkanes of at least 4 members (excludes halogenated alkanes) is 3. The number of nitrogens with one attached hydrogen (secondary N) is 2. The van der Waals surface area contributed by atoms with E-state index in [-0.39, 0.29) is 25.4 Å². The Morgan fingerprint density at radius 2 is 1.36 bits per heavy atom. The summed E-state index contributed by atoms with van der Waals surface area (Å²) in [6.45, 7) is 12.4. The first kappa shape index (κ1) is 55.9. The van der Waals surface area contributed by atoms with Crippen molar-refractivity contribution in [1.29, 1.82) is 0 Å². The van der Waals surface area contributed by atoms with E-state index in [4.69, 9.17) is 52.1 Å². The average molecular weight is 919 g/mol. The van der Waals surface area contributed by atoms with Crippen LogP contribution in [-0.4, -0.2) is 155 Å². The monoisotopic (exact) mass is 918 g/mol. The maximum atomic E-state index is 14.5. The zero-order valence-electron chi connectivity index (χ0n) is 38.9. The number of carbonyl (C=O) groups excluding carboxylic acids is 8. The van der Waals surface area contributed by atoms with Crippen LogP contribution in [0.5, 0.6) is 0 Å². The van der Waals surface area contributed by atoms with Crippen LogP contribution >= 0.6 is 0 Å². The minimum atomic E-state index is -2.70. The first-order valence-corrected chi connectivity index (χ1v) is 21.9. The Balaban J connectivity index is 2.65. The molecular formula is C43H70N2O19. The standard InChI is InChI=1S/C43H70N2O19/c1-11-14-19-55-23-33-37(56-20-15-12-2)35(39(41(54-10)62-33)57-21-16-13-3)31(52)17-18-44-42(53)43(63-30(9)51)22-32(59-27(6)48)36(45-25(4)46)40(64-43)38(61-29(8)50)34(60-28(7)49)24-58-26(5)47/h32-41H,11-24H2,1-10H3,(H,44,53)(H,45,46)/t32-,33?,34-,35?,36-,37+,38-,39+,40?,41-,43+/m1/s1. The van der Waals surface area contributed by atoms with Crippen molar-refractivity contribution in [3.8, 4) is 0 Å². The highest BCUT2D eigenvalue weighted by Crippen LogP contribution is 2.37.